The smallest absolute Gasteiger partial charge is 0.329 e. The van der Waals surface area contributed by atoms with E-state index in [9.17, 15) is 14.4 Å². The maximum absolute atomic E-state index is 11.4. The lowest BCUT2D eigenvalue weighted by molar-refractivity contribution is -0.143. The van der Waals surface area contributed by atoms with Gasteiger partial charge in [-0.1, -0.05) is 19.3 Å². The van der Waals surface area contributed by atoms with Crippen molar-refractivity contribution in [3.8, 4) is 0 Å². The molecule has 0 aromatic heterocycles. The molecule has 0 spiro atoms. The molecule has 19 heavy (non-hydrogen) atoms. The minimum absolute atomic E-state index is 0.441. The van der Waals surface area contributed by atoms with Gasteiger partial charge >= 0.3 is 12.0 Å². The number of carboxylic acid groups (broad SMARTS) is 1. The van der Waals surface area contributed by atoms with Crippen molar-refractivity contribution in [1.29, 1.82) is 0 Å². The topological polar surface area (TPSA) is 105 Å². The van der Waals surface area contributed by atoms with Gasteiger partial charge in [0.1, 0.15) is 13.2 Å². The van der Waals surface area contributed by atoms with Crippen LogP contribution in [0.4, 0.5) is 4.79 Å². The molecule has 0 saturated heterocycles. The fourth-order valence-corrected chi connectivity index (χ4v) is 2.07. The number of carboxylic acids is 1. The van der Waals surface area contributed by atoms with Crippen molar-refractivity contribution in [1.82, 2.24) is 10.6 Å². The first-order valence-corrected chi connectivity index (χ1v) is 6.45. The van der Waals surface area contributed by atoms with Crippen molar-refractivity contribution in [2.24, 2.45) is 5.92 Å². The van der Waals surface area contributed by atoms with Crippen LogP contribution in [0.15, 0.2) is 0 Å². The van der Waals surface area contributed by atoms with Gasteiger partial charge in [0.25, 0.3) is 5.91 Å². The van der Waals surface area contributed by atoms with Crippen LogP contribution in [-0.4, -0.2) is 42.8 Å². The van der Waals surface area contributed by atoms with Crippen LogP contribution in [0, 0.1) is 5.92 Å². The number of rotatable bonds is 6. The number of aliphatic carboxylic acids is 1. The fourth-order valence-electron chi connectivity index (χ4n) is 2.07. The molecule has 7 heteroatoms. The van der Waals surface area contributed by atoms with Crippen LogP contribution in [-0.2, 0) is 14.3 Å². The quantitative estimate of drug-likeness (QED) is 0.653. The molecule has 0 aromatic carbocycles. The molecule has 1 rings (SSSR count). The Kier molecular flexibility index (Phi) is 6.88. The van der Waals surface area contributed by atoms with Crippen LogP contribution in [0.25, 0.3) is 0 Å². The van der Waals surface area contributed by atoms with E-state index in [4.69, 9.17) is 5.11 Å². The molecule has 1 fully saturated rings. The lowest BCUT2D eigenvalue weighted by Gasteiger charge is -2.21. The number of hydrogen-bond acceptors (Lipinski definition) is 4. The number of ether oxygens (including phenoxy) is 1. The van der Waals surface area contributed by atoms with Crippen LogP contribution in [0.5, 0.6) is 0 Å². The molecule has 3 amide bonds. The Bertz CT molecular complexity index is 326. The van der Waals surface area contributed by atoms with Gasteiger partial charge in [-0.2, -0.15) is 0 Å². The van der Waals surface area contributed by atoms with Crippen LogP contribution in [0.3, 0.4) is 0 Å². The van der Waals surface area contributed by atoms with Gasteiger partial charge in [-0.3, -0.25) is 10.1 Å². The van der Waals surface area contributed by atoms with Crippen molar-refractivity contribution in [2.45, 2.75) is 32.1 Å². The summed E-state index contributed by atoms with van der Waals surface area (Å²) in [6, 6.07) is -0.561. The normalized spacial score (nSPS) is 15.8. The maximum Gasteiger partial charge on any atom is 0.329 e. The minimum Gasteiger partial charge on any atom is -0.480 e. The number of imide groups is 1. The van der Waals surface area contributed by atoms with E-state index in [0.717, 1.165) is 12.8 Å². The molecule has 3 N–H and O–H groups in total. The second-order valence-electron chi connectivity index (χ2n) is 4.65. The van der Waals surface area contributed by atoms with Crippen LogP contribution < -0.4 is 10.6 Å². The zero-order chi connectivity index (χ0) is 14.1. The highest BCUT2D eigenvalue weighted by atomic mass is 16.5. The molecule has 0 aliphatic heterocycles. The Morgan fingerprint density at radius 1 is 1.11 bits per heavy atom. The molecule has 1 saturated carbocycles. The van der Waals surface area contributed by atoms with Gasteiger partial charge in [-0.05, 0) is 18.8 Å². The average Bonchev–Trinajstić information content (AvgIpc) is 2.37. The van der Waals surface area contributed by atoms with Crippen LogP contribution >= 0.6 is 0 Å². The standard InChI is InChI=1S/C12H20N2O5/c15-10(7-19-8-11(16)17)14-12(18)13-6-9-4-2-1-3-5-9/h9H,1-8H2,(H,16,17)(H2,13,14,15,18). The number of nitrogens with one attached hydrogen (secondary N) is 2. The van der Waals surface area contributed by atoms with E-state index in [-0.39, 0.29) is 0 Å². The largest absolute Gasteiger partial charge is 0.480 e. The molecular weight excluding hydrogens is 252 g/mol. The monoisotopic (exact) mass is 272 g/mol. The molecule has 1 aliphatic carbocycles. The fraction of sp³-hybridized carbons (Fsp3) is 0.750. The van der Waals surface area contributed by atoms with Crippen LogP contribution in [0.2, 0.25) is 0 Å². The molecule has 0 heterocycles. The number of urea groups is 1. The maximum atomic E-state index is 11.4. The summed E-state index contributed by atoms with van der Waals surface area (Å²) >= 11 is 0. The van der Waals surface area contributed by atoms with E-state index >= 15 is 0 Å². The summed E-state index contributed by atoms with van der Waals surface area (Å²) in [5.74, 6) is -1.32. The van der Waals surface area contributed by atoms with E-state index in [1.165, 1.54) is 19.3 Å². The summed E-state index contributed by atoms with van der Waals surface area (Å²) in [4.78, 5) is 32.7. The second-order valence-corrected chi connectivity index (χ2v) is 4.65. The molecule has 0 unspecified atom stereocenters. The first kappa shape index (κ1) is 15.4. The first-order valence-electron chi connectivity index (χ1n) is 6.45. The Labute approximate surface area is 111 Å². The first-order chi connectivity index (χ1) is 9.08. The van der Waals surface area contributed by atoms with Crippen molar-refractivity contribution < 1.29 is 24.2 Å². The molecule has 0 aromatic rings. The van der Waals surface area contributed by atoms with Gasteiger partial charge in [0.2, 0.25) is 0 Å². The third-order valence-electron chi connectivity index (χ3n) is 2.99. The summed E-state index contributed by atoms with van der Waals surface area (Å²) in [7, 11) is 0. The number of carbonyl (C=O) groups excluding carboxylic acids is 2. The average molecular weight is 272 g/mol. The molecule has 7 nitrogen and oxygen atoms in total. The third kappa shape index (κ3) is 7.40. The predicted molar refractivity (Wildman–Crippen MR) is 66.6 cm³/mol. The lowest BCUT2D eigenvalue weighted by atomic mass is 9.89. The molecule has 0 atom stereocenters. The number of carbonyl (C=O) groups is 3. The number of hydrogen-bond donors (Lipinski definition) is 3. The Balaban J connectivity index is 2.08. The number of amides is 3. The van der Waals surface area contributed by atoms with E-state index in [1.807, 2.05) is 0 Å². The van der Waals surface area contributed by atoms with Crippen LogP contribution in [0.1, 0.15) is 32.1 Å². The van der Waals surface area contributed by atoms with E-state index in [1.54, 1.807) is 0 Å². The third-order valence-corrected chi connectivity index (χ3v) is 2.99. The molecule has 0 bridgehead atoms. The Morgan fingerprint density at radius 2 is 1.79 bits per heavy atom. The van der Waals surface area contributed by atoms with Gasteiger partial charge in [0.05, 0.1) is 0 Å². The Hall–Kier alpha value is -1.63. The lowest BCUT2D eigenvalue weighted by Crippen LogP contribution is -2.43. The van der Waals surface area contributed by atoms with Crippen molar-refractivity contribution in [2.75, 3.05) is 19.8 Å². The van der Waals surface area contributed by atoms with Gasteiger partial charge in [0.15, 0.2) is 0 Å². The van der Waals surface area contributed by atoms with Crippen molar-refractivity contribution in [3.63, 3.8) is 0 Å². The summed E-state index contributed by atoms with van der Waals surface area (Å²) in [6.45, 7) is -0.435. The van der Waals surface area contributed by atoms with Crippen molar-refractivity contribution in [3.05, 3.63) is 0 Å². The predicted octanol–water partition coefficient (Wildman–Crippen LogP) is 0.494. The van der Waals surface area contributed by atoms with Gasteiger partial charge < -0.3 is 15.2 Å². The highest BCUT2D eigenvalue weighted by Crippen LogP contribution is 2.22. The molecule has 108 valence electrons. The molecule has 1 aliphatic rings. The van der Waals surface area contributed by atoms with E-state index in [0.29, 0.717) is 12.5 Å². The Morgan fingerprint density at radius 3 is 2.42 bits per heavy atom. The summed E-state index contributed by atoms with van der Waals surface area (Å²) in [5.41, 5.74) is 0. The summed E-state index contributed by atoms with van der Waals surface area (Å²) in [5, 5.41) is 13.0. The summed E-state index contributed by atoms with van der Waals surface area (Å²) < 4.78 is 4.56. The van der Waals surface area contributed by atoms with Crippen molar-refractivity contribution >= 4 is 17.9 Å². The summed E-state index contributed by atoms with van der Waals surface area (Å²) in [6.07, 6.45) is 5.85. The van der Waals surface area contributed by atoms with Gasteiger partial charge in [-0.15, -0.1) is 0 Å². The minimum atomic E-state index is -1.16. The highest BCUT2D eigenvalue weighted by molar-refractivity contribution is 5.94. The molecular formula is C12H20N2O5. The van der Waals surface area contributed by atoms with E-state index < -0.39 is 31.1 Å². The van der Waals surface area contributed by atoms with Gasteiger partial charge in [-0.25, -0.2) is 9.59 Å². The highest BCUT2D eigenvalue weighted by Gasteiger charge is 2.15. The second kappa shape index (κ2) is 8.47. The van der Waals surface area contributed by atoms with Gasteiger partial charge in [0, 0.05) is 6.54 Å². The van der Waals surface area contributed by atoms with E-state index in [2.05, 4.69) is 15.4 Å². The molecule has 0 radical (unpaired) electrons. The zero-order valence-electron chi connectivity index (χ0n) is 10.8. The zero-order valence-corrected chi connectivity index (χ0v) is 10.8. The SMILES string of the molecule is O=C(O)COCC(=O)NC(=O)NCC1CCCCC1.